The molecule has 0 unspecified atom stereocenters. The summed E-state index contributed by atoms with van der Waals surface area (Å²) in [5, 5.41) is 5.54. The smallest absolute Gasteiger partial charge is 0.159 e. The van der Waals surface area contributed by atoms with Crippen LogP contribution in [0.4, 0.5) is 0 Å². The third-order valence-electron chi connectivity index (χ3n) is 3.91. The van der Waals surface area contributed by atoms with Crippen molar-refractivity contribution in [2.45, 2.75) is 19.8 Å². The first kappa shape index (κ1) is 14.2. The second-order valence-corrected chi connectivity index (χ2v) is 6.29. The zero-order valence-electron chi connectivity index (χ0n) is 12.2. The highest BCUT2D eigenvalue weighted by Gasteiger charge is 2.15. The van der Waals surface area contributed by atoms with Crippen LogP contribution in [-0.4, -0.2) is 18.9 Å². The number of hydrogen-bond acceptors (Lipinski definition) is 3. The molecule has 1 aliphatic rings. The Morgan fingerprint density at radius 1 is 1.05 bits per heavy atom. The van der Waals surface area contributed by atoms with Crippen LogP contribution in [-0.2, 0) is 0 Å². The van der Waals surface area contributed by atoms with Crippen LogP contribution in [0.15, 0.2) is 47.4 Å². The minimum Gasteiger partial charge on any atom is -0.316 e. The van der Waals surface area contributed by atoms with E-state index in [1.165, 1.54) is 21.6 Å². The normalized spacial score (nSPS) is 15.0. The largest absolute Gasteiger partial charge is 0.316 e. The van der Waals surface area contributed by atoms with E-state index >= 15 is 0 Å². The molecule has 1 aromatic carbocycles. The molecule has 1 aromatic heterocycles. The lowest BCUT2D eigenvalue weighted by Crippen LogP contribution is -2.23. The van der Waals surface area contributed by atoms with Crippen molar-refractivity contribution in [1.29, 1.82) is 0 Å². The van der Waals surface area contributed by atoms with Crippen LogP contribution in [0.5, 0.6) is 0 Å². The van der Waals surface area contributed by atoms with Gasteiger partial charge in [-0.25, -0.2) is 0 Å². The molecular weight excluding hydrogens is 278 g/mol. The van der Waals surface area contributed by atoms with Gasteiger partial charge in [-0.05, 0) is 55.4 Å². The van der Waals surface area contributed by atoms with Crippen molar-refractivity contribution < 1.29 is 4.79 Å². The second-order valence-electron chi connectivity index (χ2n) is 5.34. The van der Waals surface area contributed by atoms with Gasteiger partial charge in [0.2, 0.25) is 0 Å². The van der Waals surface area contributed by atoms with Gasteiger partial charge >= 0.3 is 0 Å². The quantitative estimate of drug-likeness (QED) is 0.863. The summed E-state index contributed by atoms with van der Waals surface area (Å²) in [4.78, 5) is 12.8. The summed E-state index contributed by atoms with van der Waals surface area (Å²) in [6, 6.07) is 12.3. The predicted octanol–water partition coefficient (Wildman–Crippen LogP) is 4.14. The van der Waals surface area contributed by atoms with Gasteiger partial charge in [-0.15, -0.1) is 11.3 Å². The van der Waals surface area contributed by atoms with Crippen molar-refractivity contribution in [2.75, 3.05) is 13.1 Å². The highest BCUT2D eigenvalue weighted by molar-refractivity contribution is 7.11. The highest BCUT2D eigenvalue weighted by Crippen LogP contribution is 2.33. The molecule has 0 spiro atoms. The van der Waals surface area contributed by atoms with E-state index in [1.54, 1.807) is 18.3 Å². The summed E-state index contributed by atoms with van der Waals surface area (Å²) in [5.74, 6) is 0.119. The molecule has 1 aliphatic heterocycles. The third kappa shape index (κ3) is 3.14. The first-order valence-corrected chi connectivity index (χ1v) is 8.21. The molecule has 0 atom stereocenters. The van der Waals surface area contributed by atoms with Crippen molar-refractivity contribution in [3.8, 4) is 0 Å². The number of carbonyl (C=O) groups excluding carboxylic acids is 1. The van der Waals surface area contributed by atoms with E-state index in [1.807, 2.05) is 12.1 Å². The zero-order chi connectivity index (χ0) is 14.7. The van der Waals surface area contributed by atoms with Crippen molar-refractivity contribution in [1.82, 2.24) is 5.32 Å². The minimum atomic E-state index is 0.119. The molecule has 2 aromatic rings. The molecule has 2 nitrogen and oxygen atoms in total. The maximum absolute atomic E-state index is 11.4. The van der Waals surface area contributed by atoms with Crippen LogP contribution >= 0.6 is 11.3 Å². The summed E-state index contributed by atoms with van der Waals surface area (Å²) in [5.41, 5.74) is 4.88. The fourth-order valence-corrected chi connectivity index (χ4v) is 3.63. The average molecular weight is 297 g/mol. The Kier molecular flexibility index (Phi) is 4.32. The van der Waals surface area contributed by atoms with Crippen molar-refractivity contribution >= 4 is 22.7 Å². The molecule has 3 rings (SSSR count). The van der Waals surface area contributed by atoms with Crippen molar-refractivity contribution in [3.05, 3.63) is 63.4 Å². The lowest BCUT2D eigenvalue weighted by molar-refractivity contribution is 0.101. The van der Waals surface area contributed by atoms with Gasteiger partial charge in [0.15, 0.2) is 5.78 Å². The number of hydrogen-bond donors (Lipinski definition) is 1. The van der Waals surface area contributed by atoms with E-state index < -0.39 is 0 Å². The number of thiophene rings is 1. The SMILES string of the molecule is CC(=O)c1ccc(C(=C2CCNCC2)c2cccs2)cc1. The van der Waals surface area contributed by atoms with Crippen LogP contribution in [0.1, 0.15) is 40.6 Å². The van der Waals surface area contributed by atoms with Crippen LogP contribution in [0.3, 0.4) is 0 Å². The van der Waals surface area contributed by atoms with Crippen molar-refractivity contribution in [2.24, 2.45) is 0 Å². The summed E-state index contributed by atoms with van der Waals surface area (Å²) in [7, 11) is 0. The molecule has 0 bridgehead atoms. The molecule has 21 heavy (non-hydrogen) atoms. The van der Waals surface area contributed by atoms with E-state index in [0.29, 0.717) is 0 Å². The standard InChI is InChI=1S/C18H19NOS/c1-13(20)14-4-6-15(7-5-14)18(17-3-2-12-21-17)16-8-10-19-11-9-16/h2-7,12,19H,8-11H2,1H3. The molecule has 1 fully saturated rings. The molecule has 1 saturated heterocycles. The molecule has 0 saturated carbocycles. The Balaban J connectivity index is 2.05. The Hall–Kier alpha value is -1.71. The van der Waals surface area contributed by atoms with E-state index in [2.05, 4.69) is 35.0 Å². The Morgan fingerprint density at radius 2 is 1.71 bits per heavy atom. The summed E-state index contributed by atoms with van der Waals surface area (Å²) in [6.45, 7) is 3.71. The summed E-state index contributed by atoms with van der Waals surface area (Å²) in [6.07, 6.45) is 2.20. The van der Waals surface area contributed by atoms with E-state index in [9.17, 15) is 4.79 Å². The highest BCUT2D eigenvalue weighted by atomic mass is 32.1. The van der Waals surface area contributed by atoms with Crippen LogP contribution < -0.4 is 5.32 Å². The molecule has 1 N–H and O–H groups in total. The van der Waals surface area contributed by atoms with E-state index in [0.717, 1.165) is 31.5 Å². The van der Waals surface area contributed by atoms with Crippen LogP contribution in [0.25, 0.3) is 5.57 Å². The Bertz CT molecular complexity index is 645. The number of Topliss-reactive ketones (excluding diaryl/α,β-unsaturated/α-hetero) is 1. The molecular formula is C18H19NOS. The number of carbonyl (C=O) groups is 1. The zero-order valence-corrected chi connectivity index (χ0v) is 13.0. The number of nitrogens with one attached hydrogen (secondary N) is 1. The summed E-state index contributed by atoms with van der Waals surface area (Å²) < 4.78 is 0. The molecule has 0 amide bonds. The first-order valence-electron chi connectivity index (χ1n) is 7.33. The van der Waals surface area contributed by atoms with Gasteiger partial charge in [-0.3, -0.25) is 4.79 Å². The van der Waals surface area contributed by atoms with Gasteiger partial charge in [0.1, 0.15) is 0 Å². The first-order chi connectivity index (χ1) is 10.3. The molecule has 108 valence electrons. The van der Waals surface area contributed by atoms with Crippen LogP contribution in [0, 0.1) is 0 Å². The van der Waals surface area contributed by atoms with Gasteiger partial charge in [-0.1, -0.05) is 35.9 Å². The fraction of sp³-hybridized carbons (Fsp3) is 0.278. The van der Waals surface area contributed by atoms with Gasteiger partial charge in [0.05, 0.1) is 0 Å². The van der Waals surface area contributed by atoms with Crippen molar-refractivity contribution in [3.63, 3.8) is 0 Å². The van der Waals surface area contributed by atoms with Gasteiger partial charge in [-0.2, -0.15) is 0 Å². The summed E-state index contributed by atoms with van der Waals surface area (Å²) >= 11 is 1.78. The number of benzene rings is 1. The van der Waals surface area contributed by atoms with Gasteiger partial charge < -0.3 is 5.32 Å². The molecule has 2 heterocycles. The number of piperidine rings is 1. The van der Waals surface area contributed by atoms with Gasteiger partial charge in [0.25, 0.3) is 0 Å². The van der Waals surface area contributed by atoms with E-state index in [4.69, 9.17) is 0 Å². The Morgan fingerprint density at radius 3 is 2.29 bits per heavy atom. The average Bonchev–Trinajstić information content (AvgIpc) is 3.03. The Labute approximate surface area is 129 Å². The lowest BCUT2D eigenvalue weighted by atomic mass is 9.92. The van der Waals surface area contributed by atoms with Crippen LogP contribution in [0.2, 0.25) is 0 Å². The molecule has 0 radical (unpaired) electrons. The molecule has 0 aliphatic carbocycles. The maximum atomic E-state index is 11.4. The minimum absolute atomic E-state index is 0.119. The van der Waals surface area contributed by atoms with E-state index in [-0.39, 0.29) is 5.78 Å². The number of ketones is 1. The number of rotatable bonds is 3. The lowest BCUT2D eigenvalue weighted by Gasteiger charge is -2.20. The third-order valence-corrected chi connectivity index (χ3v) is 4.80. The maximum Gasteiger partial charge on any atom is 0.159 e. The monoisotopic (exact) mass is 297 g/mol. The molecule has 3 heteroatoms. The fourth-order valence-electron chi connectivity index (χ4n) is 2.79. The topological polar surface area (TPSA) is 29.1 Å². The second kappa shape index (κ2) is 6.37. The predicted molar refractivity (Wildman–Crippen MR) is 88.9 cm³/mol. The van der Waals surface area contributed by atoms with Gasteiger partial charge in [0, 0.05) is 10.4 Å².